The second-order valence-electron chi connectivity index (χ2n) is 3.68. The van der Waals surface area contributed by atoms with E-state index in [2.05, 4.69) is 16.4 Å². The number of anilines is 1. The van der Waals surface area contributed by atoms with E-state index in [0.29, 0.717) is 12.2 Å². The first-order chi connectivity index (χ1) is 8.85. The van der Waals surface area contributed by atoms with Gasteiger partial charge in [-0.15, -0.1) is 0 Å². The van der Waals surface area contributed by atoms with Gasteiger partial charge in [-0.3, -0.25) is 0 Å². The summed E-state index contributed by atoms with van der Waals surface area (Å²) in [6.07, 6.45) is 1.60. The van der Waals surface area contributed by atoms with Gasteiger partial charge in [0.1, 0.15) is 11.8 Å². The molecule has 0 aliphatic rings. The second kappa shape index (κ2) is 5.69. The molecule has 0 spiro atoms. The van der Waals surface area contributed by atoms with Crippen molar-refractivity contribution in [3.05, 3.63) is 53.9 Å². The summed E-state index contributed by atoms with van der Waals surface area (Å²) in [6, 6.07) is 13.5. The van der Waals surface area contributed by atoms with E-state index in [1.165, 1.54) is 0 Å². The fourth-order valence-corrected chi connectivity index (χ4v) is 1.68. The van der Waals surface area contributed by atoms with Crippen LogP contribution in [0.3, 0.4) is 0 Å². The molecule has 90 valence electrons. The molecule has 2 aromatic rings. The predicted octanol–water partition coefficient (Wildman–Crippen LogP) is 2.57. The first-order valence-electron chi connectivity index (χ1n) is 5.56. The van der Waals surface area contributed by atoms with Gasteiger partial charge in [0.25, 0.3) is 0 Å². The Morgan fingerprint density at radius 3 is 2.89 bits per heavy atom. The Balaban J connectivity index is 2.14. The lowest BCUT2D eigenvalue weighted by atomic mass is 10.2. The molecule has 0 aliphatic carbocycles. The van der Waals surface area contributed by atoms with Crippen LogP contribution in [0, 0.1) is 11.3 Å². The number of nitriles is 1. The van der Waals surface area contributed by atoms with Crippen LogP contribution < -0.4 is 10.1 Å². The zero-order valence-corrected chi connectivity index (χ0v) is 10.1. The quantitative estimate of drug-likeness (QED) is 0.890. The van der Waals surface area contributed by atoms with Crippen LogP contribution in [0.4, 0.5) is 5.69 Å². The zero-order valence-electron chi connectivity index (χ0n) is 10.1. The maximum atomic E-state index is 8.94. The average molecular weight is 239 g/mol. The molecule has 2 rings (SSSR count). The fourth-order valence-electron chi connectivity index (χ4n) is 1.68. The van der Waals surface area contributed by atoms with Gasteiger partial charge in [0.15, 0.2) is 5.69 Å². The molecule has 0 atom stereocenters. The number of methoxy groups -OCH3 is 1. The van der Waals surface area contributed by atoms with Gasteiger partial charge in [0.05, 0.1) is 12.8 Å². The number of benzene rings is 1. The van der Waals surface area contributed by atoms with E-state index in [1.54, 1.807) is 19.4 Å². The molecule has 0 bridgehead atoms. The van der Waals surface area contributed by atoms with Gasteiger partial charge in [0.2, 0.25) is 0 Å². The average Bonchev–Trinajstić information content (AvgIpc) is 2.45. The summed E-state index contributed by atoms with van der Waals surface area (Å²) < 4.78 is 5.27. The molecule has 4 nitrogen and oxygen atoms in total. The molecule has 0 saturated heterocycles. The Hall–Kier alpha value is -2.54. The number of hydrogen-bond acceptors (Lipinski definition) is 4. The summed E-state index contributed by atoms with van der Waals surface area (Å²) in [6.45, 7) is 0.588. The van der Waals surface area contributed by atoms with Gasteiger partial charge in [0, 0.05) is 18.3 Å². The molecule has 18 heavy (non-hydrogen) atoms. The molecule has 4 heteroatoms. The van der Waals surface area contributed by atoms with Gasteiger partial charge in [-0.1, -0.05) is 18.2 Å². The topological polar surface area (TPSA) is 57.9 Å². The van der Waals surface area contributed by atoms with Crippen LogP contribution in [-0.4, -0.2) is 12.1 Å². The standard InChI is InChI=1S/C14H13N3O/c1-18-14-7-3-2-5-11(14)10-17-12-6-4-8-16-13(12)9-15/h2-8,17H,10H2,1H3. The monoisotopic (exact) mass is 239 g/mol. The number of ether oxygens (including phenoxy) is 1. The third-order valence-electron chi connectivity index (χ3n) is 2.58. The number of para-hydroxylation sites is 1. The van der Waals surface area contributed by atoms with Crippen LogP contribution in [0.15, 0.2) is 42.6 Å². The molecule has 0 radical (unpaired) electrons. The van der Waals surface area contributed by atoms with E-state index < -0.39 is 0 Å². The highest BCUT2D eigenvalue weighted by molar-refractivity contribution is 5.54. The molecular formula is C14H13N3O. The van der Waals surface area contributed by atoms with Gasteiger partial charge in [-0.2, -0.15) is 5.26 Å². The Bertz CT molecular complexity index is 575. The van der Waals surface area contributed by atoms with Crippen LogP contribution in [0.25, 0.3) is 0 Å². The summed E-state index contributed by atoms with van der Waals surface area (Å²) in [5, 5.41) is 12.1. The van der Waals surface area contributed by atoms with Crippen molar-refractivity contribution in [2.24, 2.45) is 0 Å². The Morgan fingerprint density at radius 1 is 1.28 bits per heavy atom. The number of rotatable bonds is 4. The summed E-state index contributed by atoms with van der Waals surface area (Å²) in [7, 11) is 1.64. The molecule has 0 aliphatic heterocycles. The van der Waals surface area contributed by atoms with E-state index in [-0.39, 0.29) is 0 Å². The van der Waals surface area contributed by atoms with Crippen LogP contribution in [-0.2, 0) is 6.54 Å². The van der Waals surface area contributed by atoms with Crippen molar-refractivity contribution < 1.29 is 4.74 Å². The molecule has 0 amide bonds. The lowest BCUT2D eigenvalue weighted by Gasteiger charge is -2.10. The van der Waals surface area contributed by atoms with Crippen molar-refractivity contribution in [1.82, 2.24) is 4.98 Å². The fraction of sp³-hybridized carbons (Fsp3) is 0.143. The Morgan fingerprint density at radius 2 is 2.11 bits per heavy atom. The molecule has 0 saturated carbocycles. The highest BCUT2D eigenvalue weighted by atomic mass is 16.5. The Kier molecular flexibility index (Phi) is 3.77. The summed E-state index contributed by atoms with van der Waals surface area (Å²) in [5.74, 6) is 0.826. The molecule has 1 aromatic heterocycles. The van der Waals surface area contributed by atoms with Crippen molar-refractivity contribution in [1.29, 1.82) is 5.26 Å². The zero-order chi connectivity index (χ0) is 12.8. The lowest BCUT2D eigenvalue weighted by molar-refractivity contribution is 0.410. The van der Waals surface area contributed by atoms with Crippen molar-refractivity contribution in [3.8, 4) is 11.8 Å². The van der Waals surface area contributed by atoms with E-state index in [1.807, 2.05) is 30.3 Å². The minimum absolute atomic E-state index is 0.396. The normalized spacial score (nSPS) is 9.56. The van der Waals surface area contributed by atoms with Gasteiger partial charge in [-0.05, 0) is 18.2 Å². The third kappa shape index (κ3) is 2.58. The summed E-state index contributed by atoms with van der Waals surface area (Å²) in [4.78, 5) is 4.00. The van der Waals surface area contributed by atoms with E-state index >= 15 is 0 Å². The summed E-state index contributed by atoms with van der Waals surface area (Å²) >= 11 is 0. The highest BCUT2D eigenvalue weighted by Crippen LogP contribution is 2.19. The molecular weight excluding hydrogens is 226 g/mol. The van der Waals surface area contributed by atoms with Crippen LogP contribution in [0.1, 0.15) is 11.3 Å². The SMILES string of the molecule is COc1ccccc1CNc1cccnc1C#N. The van der Waals surface area contributed by atoms with Crippen molar-refractivity contribution in [2.45, 2.75) is 6.54 Å². The molecule has 0 unspecified atom stereocenters. The first kappa shape index (κ1) is 11.9. The number of pyridine rings is 1. The van der Waals surface area contributed by atoms with E-state index in [4.69, 9.17) is 10.00 Å². The first-order valence-corrected chi connectivity index (χ1v) is 5.56. The lowest BCUT2D eigenvalue weighted by Crippen LogP contribution is -2.03. The van der Waals surface area contributed by atoms with Crippen molar-refractivity contribution in [2.75, 3.05) is 12.4 Å². The Labute approximate surface area is 106 Å². The minimum atomic E-state index is 0.396. The number of hydrogen-bond donors (Lipinski definition) is 1. The summed E-state index contributed by atoms with van der Waals surface area (Å²) in [5.41, 5.74) is 2.16. The largest absolute Gasteiger partial charge is 0.496 e. The van der Waals surface area contributed by atoms with Crippen molar-refractivity contribution in [3.63, 3.8) is 0 Å². The maximum absolute atomic E-state index is 8.94. The third-order valence-corrected chi connectivity index (χ3v) is 2.58. The van der Waals surface area contributed by atoms with Crippen LogP contribution in [0.5, 0.6) is 5.75 Å². The maximum Gasteiger partial charge on any atom is 0.163 e. The van der Waals surface area contributed by atoms with Crippen LogP contribution in [0.2, 0.25) is 0 Å². The molecule has 0 fully saturated rings. The molecule has 1 aromatic carbocycles. The van der Waals surface area contributed by atoms with E-state index in [9.17, 15) is 0 Å². The number of nitrogens with one attached hydrogen (secondary N) is 1. The predicted molar refractivity (Wildman–Crippen MR) is 69.3 cm³/mol. The van der Waals surface area contributed by atoms with Gasteiger partial charge < -0.3 is 10.1 Å². The van der Waals surface area contributed by atoms with Crippen LogP contribution >= 0.6 is 0 Å². The van der Waals surface area contributed by atoms with Crippen molar-refractivity contribution >= 4 is 5.69 Å². The molecule has 1 N–H and O–H groups in total. The molecule has 1 heterocycles. The van der Waals surface area contributed by atoms with Gasteiger partial charge in [-0.25, -0.2) is 4.98 Å². The highest BCUT2D eigenvalue weighted by Gasteiger charge is 2.04. The second-order valence-corrected chi connectivity index (χ2v) is 3.68. The van der Waals surface area contributed by atoms with Gasteiger partial charge >= 0.3 is 0 Å². The van der Waals surface area contributed by atoms with E-state index in [0.717, 1.165) is 17.0 Å². The number of aromatic nitrogens is 1. The smallest absolute Gasteiger partial charge is 0.163 e. The number of nitrogens with zero attached hydrogens (tertiary/aromatic N) is 2. The minimum Gasteiger partial charge on any atom is -0.496 e.